The Hall–Kier alpha value is -2.26. The van der Waals surface area contributed by atoms with Crippen molar-refractivity contribution in [3.63, 3.8) is 0 Å². The number of para-hydroxylation sites is 2. The monoisotopic (exact) mass is 298 g/mol. The molecule has 0 amide bonds. The number of nitrogens with one attached hydrogen (secondary N) is 1. The van der Waals surface area contributed by atoms with E-state index in [2.05, 4.69) is 10.3 Å². The van der Waals surface area contributed by atoms with E-state index >= 15 is 0 Å². The first-order valence-electron chi connectivity index (χ1n) is 6.81. The summed E-state index contributed by atoms with van der Waals surface area (Å²) in [6.45, 7) is 2.60. The summed E-state index contributed by atoms with van der Waals surface area (Å²) >= 11 is 6.09. The molecule has 0 aliphatic heterocycles. The van der Waals surface area contributed by atoms with E-state index in [-0.39, 0.29) is 0 Å². The fourth-order valence-corrected chi connectivity index (χ4v) is 2.40. The van der Waals surface area contributed by atoms with Gasteiger partial charge in [-0.1, -0.05) is 23.7 Å². The summed E-state index contributed by atoms with van der Waals surface area (Å²) in [7, 11) is 0. The van der Waals surface area contributed by atoms with Gasteiger partial charge in [0.05, 0.1) is 17.8 Å². The van der Waals surface area contributed by atoms with Gasteiger partial charge >= 0.3 is 0 Å². The molecule has 3 nitrogen and oxygen atoms in total. The van der Waals surface area contributed by atoms with Crippen LogP contribution >= 0.6 is 11.6 Å². The number of fused-ring (bicyclic) bond motifs is 1. The summed E-state index contributed by atoms with van der Waals surface area (Å²) in [6.07, 6.45) is 1.78. The molecule has 0 spiro atoms. The van der Waals surface area contributed by atoms with E-state index in [0.29, 0.717) is 11.6 Å². The van der Waals surface area contributed by atoms with E-state index in [0.717, 1.165) is 28.0 Å². The third-order valence-corrected chi connectivity index (χ3v) is 3.39. The summed E-state index contributed by atoms with van der Waals surface area (Å²) in [5.74, 6) is 0.826. The molecule has 3 rings (SSSR count). The third-order valence-electron chi connectivity index (χ3n) is 3.16. The van der Waals surface area contributed by atoms with E-state index in [4.69, 9.17) is 16.3 Å². The molecular weight excluding hydrogens is 284 g/mol. The highest BCUT2D eigenvalue weighted by Crippen LogP contribution is 2.31. The first-order valence-corrected chi connectivity index (χ1v) is 7.19. The van der Waals surface area contributed by atoms with Gasteiger partial charge in [-0.15, -0.1) is 0 Å². The van der Waals surface area contributed by atoms with Crippen LogP contribution in [0, 0.1) is 0 Å². The molecule has 21 heavy (non-hydrogen) atoms. The summed E-state index contributed by atoms with van der Waals surface area (Å²) < 4.78 is 5.64. The number of aromatic nitrogens is 1. The minimum absolute atomic E-state index is 0.627. The number of hydrogen-bond donors (Lipinski definition) is 1. The molecule has 1 heterocycles. The van der Waals surface area contributed by atoms with Crippen LogP contribution in [0.15, 0.2) is 54.7 Å². The van der Waals surface area contributed by atoms with Crippen LogP contribution in [0.25, 0.3) is 10.9 Å². The Kier molecular flexibility index (Phi) is 3.93. The minimum atomic E-state index is 0.627. The van der Waals surface area contributed by atoms with Crippen LogP contribution in [-0.2, 0) is 0 Å². The third kappa shape index (κ3) is 2.93. The SMILES string of the molecule is CCOc1ccccc1Nc1ccnc2ccc(Cl)cc12. The smallest absolute Gasteiger partial charge is 0.142 e. The highest BCUT2D eigenvalue weighted by Gasteiger charge is 2.06. The van der Waals surface area contributed by atoms with E-state index < -0.39 is 0 Å². The van der Waals surface area contributed by atoms with Crippen LogP contribution in [-0.4, -0.2) is 11.6 Å². The van der Waals surface area contributed by atoms with E-state index in [1.54, 1.807) is 6.20 Å². The lowest BCUT2D eigenvalue weighted by molar-refractivity contribution is 0.342. The van der Waals surface area contributed by atoms with Crippen LogP contribution in [0.4, 0.5) is 11.4 Å². The topological polar surface area (TPSA) is 34.1 Å². The van der Waals surface area contributed by atoms with E-state index in [9.17, 15) is 0 Å². The van der Waals surface area contributed by atoms with Crippen molar-refractivity contribution in [1.82, 2.24) is 4.98 Å². The molecular formula is C17H15ClN2O. The molecule has 106 valence electrons. The largest absolute Gasteiger partial charge is 0.492 e. The summed E-state index contributed by atoms with van der Waals surface area (Å²) in [6, 6.07) is 15.5. The van der Waals surface area contributed by atoms with Crippen molar-refractivity contribution in [3.8, 4) is 5.75 Å². The number of halogens is 1. The van der Waals surface area contributed by atoms with Crippen molar-refractivity contribution in [2.24, 2.45) is 0 Å². The number of nitrogens with zero attached hydrogens (tertiary/aromatic N) is 1. The quantitative estimate of drug-likeness (QED) is 0.733. The molecule has 0 aliphatic carbocycles. The van der Waals surface area contributed by atoms with Crippen LogP contribution < -0.4 is 10.1 Å². The zero-order valence-electron chi connectivity index (χ0n) is 11.6. The van der Waals surface area contributed by atoms with Crippen LogP contribution in [0.3, 0.4) is 0 Å². The van der Waals surface area contributed by atoms with Crippen molar-refractivity contribution >= 4 is 33.9 Å². The molecule has 0 atom stereocenters. The summed E-state index contributed by atoms with van der Waals surface area (Å²) in [5.41, 5.74) is 2.78. The molecule has 0 aliphatic rings. The Morgan fingerprint density at radius 1 is 1.10 bits per heavy atom. The second-order valence-electron chi connectivity index (χ2n) is 4.57. The van der Waals surface area contributed by atoms with Gasteiger partial charge in [-0.2, -0.15) is 0 Å². The van der Waals surface area contributed by atoms with Crippen molar-refractivity contribution in [3.05, 3.63) is 59.8 Å². The highest BCUT2D eigenvalue weighted by atomic mass is 35.5. The Morgan fingerprint density at radius 2 is 1.95 bits per heavy atom. The van der Waals surface area contributed by atoms with Gasteiger partial charge in [-0.25, -0.2) is 0 Å². The lowest BCUT2D eigenvalue weighted by Gasteiger charge is -2.13. The lowest BCUT2D eigenvalue weighted by Crippen LogP contribution is -1.98. The first-order chi connectivity index (χ1) is 10.3. The lowest BCUT2D eigenvalue weighted by atomic mass is 10.1. The van der Waals surface area contributed by atoms with Crippen molar-refractivity contribution in [2.45, 2.75) is 6.92 Å². The van der Waals surface area contributed by atoms with Gasteiger partial charge < -0.3 is 10.1 Å². The molecule has 1 aromatic heterocycles. The van der Waals surface area contributed by atoms with Crippen LogP contribution in [0.2, 0.25) is 5.02 Å². The molecule has 0 fully saturated rings. The number of rotatable bonds is 4. The highest BCUT2D eigenvalue weighted by molar-refractivity contribution is 6.31. The van der Waals surface area contributed by atoms with Gasteiger partial charge in [-0.3, -0.25) is 4.98 Å². The van der Waals surface area contributed by atoms with Crippen LogP contribution in [0.1, 0.15) is 6.92 Å². The Labute approximate surface area is 128 Å². The molecule has 2 aromatic carbocycles. The molecule has 0 unspecified atom stereocenters. The van der Waals surface area contributed by atoms with E-state index in [1.807, 2.05) is 55.5 Å². The summed E-state index contributed by atoms with van der Waals surface area (Å²) in [4.78, 5) is 4.35. The fraction of sp³-hybridized carbons (Fsp3) is 0.118. The standard InChI is InChI=1S/C17H15ClN2O/c1-2-21-17-6-4-3-5-16(17)20-15-9-10-19-14-8-7-12(18)11-13(14)15/h3-11H,2H2,1H3,(H,19,20). The number of ether oxygens (including phenoxy) is 1. The predicted molar refractivity (Wildman–Crippen MR) is 87.6 cm³/mol. The molecule has 0 saturated carbocycles. The zero-order valence-corrected chi connectivity index (χ0v) is 12.4. The normalized spacial score (nSPS) is 10.6. The minimum Gasteiger partial charge on any atom is -0.492 e. The molecule has 0 radical (unpaired) electrons. The van der Waals surface area contributed by atoms with Gasteiger partial charge in [0.2, 0.25) is 0 Å². The average Bonchev–Trinajstić information content (AvgIpc) is 2.50. The van der Waals surface area contributed by atoms with Crippen molar-refractivity contribution in [2.75, 3.05) is 11.9 Å². The molecule has 1 N–H and O–H groups in total. The Morgan fingerprint density at radius 3 is 2.81 bits per heavy atom. The maximum absolute atomic E-state index is 6.09. The Balaban J connectivity index is 2.04. The second-order valence-corrected chi connectivity index (χ2v) is 5.01. The predicted octanol–water partition coefficient (Wildman–Crippen LogP) is 5.03. The number of anilines is 2. The van der Waals surface area contributed by atoms with Gasteiger partial charge in [0, 0.05) is 22.3 Å². The second kappa shape index (κ2) is 6.02. The van der Waals surface area contributed by atoms with Gasteiger partial charge in [0.25, 0.3) is 0 Å². The fourth-order valence-electron chi connectivity index (χ4n) is 2.22. The van der Waals surface area contributed by atoms with Gasteiger partial charge in [-0.05, 0) is 43.3 Å². The number of hydrogen-bond acceptors (Lipinski definition) is 3. The van der Waals surface area contributed by atoms with Gasteiger partial charge in [0.15, 0.2) is 0 Å². The Bertz CT molecular complexity index is 774. The average molecular weight is 299 g/mol. The summed E-state index contributed by atoms with van der Waals surface area (Å²) in [5, 5.41) is 5.08. The molecule has 0 saturated heterocycles. The molecule has 4 heteroatoms. The van der Waals surface area contributed by atoms with Crippen LogP contribution in [0.5, 0.6) is 5.75 Å². The van der Waals surface area contributed by atoms with E-state index in [1.165, 1.54) is 0 Å². The van der Waals surface area contributed by atoms with Crippen molar-refractivity contribution < 1.29 is 4.74 Å². The maximum atomic E-state index is 6.09. The van der Waals surface area contributed by atoms with Crippen molar-refractivity contribution in [1.29, 1.82) is 0 Å². The van der Waals surface area contributed by atoms with Gasteiger partial charge in [0.1, 0.15) is 5.75 Å². The zero-order chi connectivity index (χ0) is 14.7. The number of benzene rings is 2. The molecule has 0 bridgehead atoms. The molecule has 3 aromatic rings. The maximum Gasteiger partial charge on any atom is 0.142 e. The first kappa shape index (κ1) is 13.7. The number of pyridine rings is 1.